The molecule has 0 aliphatic rings. The monoisotopic (exact) mass is 397 g/mol. The molecule has 2 aromatic carbocycles. The molecule has 0 saturated heterocycles. The normalized spacial score (nSPS) is 11.3. The molecule has 2 aromatic heterocycles. The topological polar surface area (TPSA) is 101 Å². The molecule has 0 spiro atoms. The molecule has 4 aromatic rings. The third-order valence-electron chi connectivity index (χ3n) is 4.10. The van der Waals surface area contributed by atoms with Crippen LogP contribution in [0, 0.1) is 0 Å². The van der Waals surface area contributed by atoms with Crippen molar-refractivity contribution in [1.29, 1.82) is 0 Å². The maximum atomic E-state index is 12.5. The molecule has 0 fully saturated rings. The third-order valence-corrected chi connectivity index (χ3v) is 4.41. The van der Waals surface area contributed by atoms with Crippen LogP contribution >= 0.6 is 11.6 Å². The first-order valence-electron chi connectivity index (χ1n) is 8.58. The molecule has 0 unspecified atom stereocenters. The van der Waals surface area contributed by atoms with Crippen molar-refractivity contribution in [2.45, 2.75) is 20.0 Å². The summed E-state index contributed by atoms with van der Waals surface area (Å²) in [6, 6.07) is 12.1. The van der Waals surface area contributed by atoms with Gasteiger partial charge in [0.05, 0.1) is 16.6 Å². The minimum Gasteiger partial charge on any atom is -0.506 e. The molecule has 2 N–H and O–H groups in total. The number of fused-ring (bicyclic) bond motifs is 1. The van der Waals surface area contributed by atoms with Gasteiger partial charge in [0.25, 0.3) is 11.4 Å². The Morgan fingerprint density at radius 2 is 1.93 bits per heavy atom. The molecule has 0 bridgehead atoms. The van der Waals surface area contributed by atoms with Gasteiger partial charge < -0.3 is 19.4 Å². The number of rotatable bonds is 4. The lowest BCUT2D eigenvalue weighted by molar-refractivity contribution is 0.242. The van der Waals surface area contributed by atoms with Gasteiger partial charge in [-0.05, 0) is 50.2 Å². The zero-order valence-electron chi connectivity index (χ0n) is 15.1. The van der Waals surface area contributed by atoms with Gasteiger partial charge in [-0.3, -0.25) is 4.79 Å². The predicted molar refractivity (Wildman–Crippen MR) is 106 cm³/mol. The van der Waals surface area contributed by atoms with Crippen LogP contribution in [0.1, 0.15) is 13.8 Å². The molecule has 8 heteroatoms. The maximum absolute atomic E-state index is 12.5. The molecular formula is C20H16ClN3O4. The number of nitrogens with one attached hydrogen (secondary N) is 1. The van der Waals surface area contributed by atoms with Crippen molar-refractivity contribution in [3.05, 3.63) is 57.8 Å². The fraction of sp³-hybridized carbons (Fsp3) is 0.150. The number of hydrogen-bond donors (Lipinski definition) is 2. The lowest BCUT2D eigenvalue weighted by Crippen LogP contribution is -2.09. The number of H-pyrrole nitrogens is 1. The Morgan fingerprint density at radius 3 is 2.64 bits per heavy atom. The second-order valence-electron chi connectivity index (χ2n) is 6.45. The van der Waals surface area contributed by atoms with Crippen LogP contribution in [0.25, 0.3) is 33.7 Å². The van der Waals surface area contributed by atoms with E-state index in [2.05, 4.69) is 15.1 Å². The fourth-order valence-corrected chi connectivity index (χ4v) is 3.08. The van der Waals surface area contributed by atoms with Crippen LogP contribution < -0.4 is 10.3 Å². The van der Waals surface area contributed by atoms with Gasteiger partial charge in [0, 0.05) is 10.9 Å². The van der Waals surface area contributed by atoms with E-state index < -0.39 is 5.56 Å². The van der Waals surface area contributed by atoms with Gasteiger partial charge >= 0.3 is 0 Å². The summed E-state index contributed by atoms with van der Waals surface area (Å²) >= 11 is 6.08. The number of nitrogens with zero attached hydrogens (tertiary/aromatic N) is 2. The van der Waals surface area contributed by atoms with E-state index in [1.807, 2.05) is 13.8 Å². The summed E-state index contributed by atoms with van der Waals surface area (Å²) in [6.45, 7) is 3.89. The van der Waals surface area contributed by atoms with Crippen LogP contribution in [0.5, 0.6) is 11.5 Å². The Hall–Kier alpha value is -3.32. The van der Waals surface area contributed by atoms with Crippen LogP contribution in [-0.2, 0) is 0 Å². The average Bonchev–Trinajstić information content (AvgIpc) is 3.12. The van der Waals surface area contributed by atoms with E-state index in [-0.39, 0.29) is 29.1 Å². The smallest absolute Gasteiger partial charge is 0.267 e. The van der Waals surface area contributed by atoms with Gasteiger partial charge in [0.2, 0.25) is 5.82 Å². The van der Waals surface area contributed by atoms with Crippen molar-refractivity contribution in [2.24, 2.45) is 0 Å². The Kier molecular flexibility index (Phi) is 4.52. The number of halogens is 1. The van der Waals surface area contributed by atoms with E-state index in [4.69, 9.17) is 20.9 Å². The second kappa shape index (κ2) is 7.01. The Bertz CT molecular complexity index is 1210. The molecule has 142 valence electrons. The number of benzene rings is 2. The molecular weight excluding hydrogens is 382 g/mol. The van der Waals surface area contributed by atoms with Crippen molar-refractivity contribution in [3.8, 4) is 34.3 Å². The molecule has 0 radical (unpaired) electrons. The van der Waals surface area contributed by atoms with E-state index in [0.717, 1.165) is 5.75 Å². The number of aromatic hydroxyl groups is 1. The van der Waals surface area contributed by atoms with Crippen molar-refractivity contribution in [2.75, 3.05) is 0 Å². The SMILES string of the molecule is CC(C)Oc1ccc(-c2noc(-c3c(O)c4cccc(Cl)c4[nH]c3=O)n2)cc1. The molecule has 0 aliphatic carbocycles. The maximum Gasteiger partial charge on any atom is 0.267 e. The molecule has 7 nitrogen and oxygen atoms in total. The Balaban J connectivity index is 1.75. The van der Waals surface area contributed by atoms with Crippen LogP contribution in [-0.4, -0.2) is 26.3 Å². The summed E-state index contributed by atoms with van der Waals surface area (Å²) in [6.07, 6.45) is 0.0683. The molecule has 0 amide bonds. The number of pyridine rings is 1. The standard InChI is InChI=1S/C20H16ClN3O4/c1-10(2)27-12-8-6-11(7-9-12)18-23-20(28-24-18)15-17(25)13-4-3-5-14(21)16(13)22-19(15)26/h3-10H,1-2H3,(H2,22,25,26). The first kappa shape index (κ1) is 18.1. The van der Waals surface area contributed by atoms with Gasteiger partial charge in [-0.2, -0.15) is 4.98 Å². The number of aromatic nitrogens is 3. The van der Waals surface area contributed by atoms with Crippen molar-refractivity contribution < 1.29 is 14.4 Å². The fourth-order valence-electron chi connectivity index (χ4n) is 2.86. The zero-order chi connectivity index (χ0) is 19.8. The van der Waals surface area contributed by atoms with Crippen LogP contribution in [0.15, 0.2) is 51.8 Å². The van der Waals surface area contributed by atoms with E-state index in [0.29, 0.717) is 21.5 Å². The van der Waals surface area contributed by atoms with Crippen molar-refractivity contribution >= 4 is 22.5 Å². The molecule has 2 heterocycles. The number of ether oxygens (including phenoxy) is 1. The van der Waals surface area contributed by atoms with E-state index >= 15 is 0 Å². The van der Waals surface area contributed by atoms with Crippen LogP contribution in [0.2, 0.25) is 5.02 Å². The highest BCUT2D eigenvalue weighted by molar-refractivity contribution is 6.35. The Morgan fingerprint density at radius 1 is 1.18 bits per heavy atom. The minimum absolute atomic E-state index is 0.0683. The molecule has 28 heavy (non-hydrogen) atoms. The van der Waals surface area contributed by atoms with Crippen LogP contribution in [0.4, 0.5) is 0 Å². The first-order chi connectivity index (χ1) is 13.4. The van der Waals surface area contributed by atoms with Gasteiger partial charge in [0.1, 0.15) is 17.1 Å². The zero-order valence-corrected chi connectivity index (χ0v) is 15.8. The summed E-state index contributed by atoms with van der Waals surface area (Å²) in [7, 11) is 0. The highest BCUT2D eigenvalue weighted by atomic mass is 35.5. The minimum atomic E-state index is -0.575. The molecule has 0 aliphatic heterocycles. The van der Waals surface area contributed by atoms with E-state index in [1.165, 1.54) is 0 Å². The number of aromatic amines is 1. The summed E-state index contributed by atoms with van der Waals surface area (Å²) in [4.78, 5) is 19.4. The van der Waals surface area contributed by atoms with Crippen LogP contribution in [0.3, 0.4) is 0 Å². The number of hydrogen-bond acceptors (Lipinski definition) is 6. The first-order valence-corrected chi connectivity index (χ1v) is 8.96. The third kappa shape index (κ3) is 3.20. The highest BCUT2D eigenvalue weighted by Crippen LogP contribution is 2.34. The predicted octanol–water partition coefficient (Wildman–Crippen LogP) is 4.39. The van der Waals surface area contributed by atoms with E-state index in [9.17, 15) is 9.90 Å². The van der Waals surface area contributed by atoms with Crippen molar-refractivity contribution in [3.63, 3.8) is 0 Å². The van der Waals surface area contributed by atoms with Crippen molar-refractivity contribution in [1.82, 2.24) is 15.1 Å². The van der Waals surface area contributed by atoms with E-state index in [1.54, 1.807) is 42.5 Å². The lowest BCUT2D eigenvalue weighted by atomic mass is 10.1. The second-order valence-corrected chi connectivity index (χ2v) is 6.86. The van der Waals surface area contributed by atoms with Gasteiger partial charge in [-0.1, -0.05) is 22.8 Å². The summed E-state index contributed by atoms with van der Waals surface area (Å²) in [5.41, 5.74) is 0.351. The van der Waals surface area contributed by atoms with Gasteiger partial charge in [-0.25, -0.2) is 0 Å². The van der Waals surface area contributed by atoms with Gasteiger partial charge in [0.15, 0.2) is 0 Å². The number of para-hydroxylation sites is 1. The summed E-state index contributed by atoms with van der Waals surface area (Å²) in [5.74, 6) is 0.661. The Labute approximate surface area is 164 Å². The summed E-state index contributed by atoms with van der Waals surface area (Å²) < 4.78 is 10.8. The lowest BCUT2D eigenvalue weighted by Gasteiger charge is -2.09. The molecule has 0 saturated carbocycles. The molecule has 0 atom stereocenters. The quantitative estimate of drug-likeness (QED) is 0.529. The molecule has 4 rings (SSSR count). The summed E-state index contributed by atoms with van der Waals surface area (Å²) in [5, 5.41) is 15.2. The van der Waals surface area contributed by atoms with Gasteiger partial charge in [-0.15, -0.1) is 0 Å². The largest absolute Gasteiger partial charge is 0.506 e. The average molecular weight is 398 g/mol. The highest BCUT2D eigenvalue weighted by Gasteiger charge is 2.21.